The number of amides is 2. The van der Waals surface area contributed by atoms with E-state index in [0.717, 1.165) is 0 Å². The summed E-state index contributed by atoms with van der Waals surface area (Å²) in [6.45, 7) is 3.96. The van der Waals surface area contributed by atoms with Gasteiger partial charge in [-0.1, -0.05) is 19.9 Å². The molecule has 106 valence electrons. The van der Waals surface area contributed by atoms with Crippen molar-refractivity contribution in [1.82, 2.24) is 0 Å². The van der Waals surface area contributed by atoms with Crippen molar-refractivity contribution in [3.05, 3.63) is 24.3 Å². The summed E-state index contributed by atoms with van der Waals surface area (Å²) in [7, 11) is 0. The molecule has 0 radical (unpaired) electrons. The van der Waals surface area contributed by atoms with Gasteiger partial charge in [0.05, 0.1) is 0 Å². The summed E-state index contributed by atoms with van der Waals surface area (Å²) in [5, 5.41) is 5.49. The lowest BCUT2D eigenvalue weighted by atomic mass is 10.2. The Morgan fingerprint density at radius 2 is 1.79 bits per heavy atom. The molecule has 0 unspecified atom stereocenters. The third kappa shape index (κ3) is 6.22. The molecule has 0 aliphatic carbocycles. The van der Waals surface area contributed by atoms with Crippen molar-refractivity contribution in [3.63, 3.8) is 0 Å². The first-order chi connectivity index (χ1) is 8.52. The van der Waals surface area contributed by atoms with E-state index in [-0.39, 0.29) is 36.6 Å². The Balaban J connectivity index is 0.00000324. The molecule has 0 aromatic heterocycles. The van der Waals surface area contributed by atoms with E-state index in [1.165, 1.54) is 0 Å². The summed E-state index contributed by atoms with van der Waals surface area (Å²) >= 11 is 0. The molecule has 0 saturated heterocycles. The van der Waals surface area contributed by atoms with Crippen molar-refractivity contribution in [1.29, 1.82) is 0 Å². The SMILES string of the molecule is CC(C)C(=O)Nc1cccc(NC(=O)CCN)c1.Cl. The van der Waals surface area contributed by atoms with Crippen molar-refractivity contribution in [2.75, 3.05) is 17.2 Å². The molecule has 0 heterocycles. The van der Waals surface area contributed by atoms with E-state index in [9.17, 15) is 9.59 Å². The van der Waals surface area contributed by atoms with Crippen LogP contribution in [-0.2, 0) is 9.59 Å². The standard InChI is InChI=1S/C13H19N3O2.ClH/c1-9(2)13(18)16-11-5-3-4-10(8-11)15-12(17)6-7-14;/h3-5,8-9H,6-7,14H2,1-2H3,(H,15,17)(H,16,18);1H. The average Bonchev–Trinajstić information content (AvgIpc) is 2.29. The van der Waals surface area contributed by atoms with Gasteiger partial charge in [-0.2, -0.15) is 0 Å². The van der Waals surface area contributed by atoms with E-state index in [1.54, 1.807) is 24.3 Å². The van der Waals surface area contributed by atoms with E-state index in [2.05, 4.69) is 10.6 Å². The number of hydrogen-bond acceptors (Lipinski definition) is 3. The van der Waals surface area contributed by atoms with Crippen LogP contribution in [0.25, 0.3) is 0 Å². The first-order valence-corrected chi connectivity index (χ1v) is 5.93. The van der Waals surface area contributed by atoms with Crippen LogP contribution in [0.4, 0.5) is 11.4 Å². The second-order valence-electron chi connectivity index (χ2n) is 4.31. The maximum Gasteiger partial charge on any atom is 0.226 e. The number of carbonyl (C=O) groups excluding carboxylic acids is 2. The lowest BCUT2D eigenvalue weighted by Gasteiger charge is -2.10. The summed E-state index contributed by atoms with van der Waals surface area (Å²) in [6, 6.07) is 7.03. The fraction of sp³-hybridized carbons (Fsp3) is 0.385. The van der Waals surface area contributed by atoms with Crippen molar-refractivity contribution in [2.45, 2.75) is 20.3 Å². The van der Waals surface area contributed by atoms with Gasteiger partial charge in [0.15, 0.2) is 0 Å². The molecule has 5 nitrogen and oxygen atoms in total. The molecule has 0 aliphatic rings. The van der Waals surface area contributed by atoms with Crippen molar-refractivity contribution < 1.29 is 9.59 Å². The van der Waals surface area contributed by atoms with E-state index >= 15 is 0 Å². The number of anilines is 2. The maximum absolute atomic E-state index is 11.5. The third-order valence-corrected chi connectivity index (χ3v) is 2.31. The Kier molecular flexibility index (Phi) is 7.79. The highest BCUT2D eigenvalue weighted by molar-refractivity contribution is 5.94. The second kappa shape index (κ2) is 8.50. The van der Waals surface area contributed by atoms with Gasteiger partial charge < -0.3 is 16.4 Å². The zero-order valence-corrected chi connectivity index (χ0v) is 11.9. The maximum atomic E-state index is 11.5. The van der Waals surface area contributed by atoms with Crippen LogP contribution in [0.1, 0.15) is 20.3 Å². The summed E-state index contributed by atoms with van der Waals surface area (Å²) < 4.78 is 0. The zero-order chi connectivity index (χ0) is 13.5. The Hall–Kier alpha value is -1.59. The first kappa shape index (κ1) is 17.4. The van der Waals surface area contributed by atoms with Crippen LogP contribution in [0.15, 0.2) is 24.3 Å². The number of rotatable bonds is 5. The molecule has 0 aliphatic heterocycles. The van der Waals surface area contributed by atoms with Crippen molar-refractivity contribution in [2.24, 2.45) is 11.7 Å². The quantitative estimate of drug-likeness (QED) is 0.773. The highest BCUT2D eigenvalue weighted by Crippen LogP contribution is 2.16. The number of halogens is 1. The highest BCUT2D eigenvalue weighted by atomic mass is 35.5. The monoisotopic (exact) mass is 285 g/mol. The Labute approximate surface area is 119 Å². The molecule has 19 heavy (non-hydrogen) atoms. The minimum absolute atomic E-state index is 0. The van der Waals surface area contributed by atoms with Crippen molar-refractivity contribution >= 4 is 35.6 Å². The normalized spacial score (nSPS) is 9.68. The molecule has 0 fully saturated rings. The van der Waals surface area contributed by atoms with Crippen LogP contribution in [0, 0.1) is 5.92 Å². The van der Waals surface area contributed by atoms with E-state index < -0.39 is 0 Å². The van der Waals surface area contributed by atoms with Crippen LogP contribution < -0.4 is 16.4 Å². The molecule has 6 heteroatoms. The first-order valence-electron chi connectivity index (χ1n) is 5.93. The highest BCUT2D eigenvalue weighted by Gasteiger charge is 2.07. The van der Waals surface area contributed by atoms with Gasteiger partial charge in [-0.3, -0.25) is 9.59 Å². The number of nitrogens with one attached hydrogen (secondary N) is 2. The van der Waals surface area contributed by atoms with E-state index in [0.29, 0.717) is 17.9 Å². The number of nitrogens with two attached hydrogens (primary N) is 1. The van der Waals surface area contributed by atoms with Crippen LogP contribution in [-0.4, -0.2) is 18.4 Å². The molecule has 0 atom stereocenters. The average molecular weight is 286 g/mol. The van der Waals surface area contributed by atoms with Crippen LogP contribution in [0.2, 0.25) is 0 Å². The number of carbonyl (C=O) groups is 2. The van der Waals surface area contributed by atoms with Gasteiger partial charge in [-0.05, 0) is 18.2 Å². The van der Waals surface area contributed by atoms with Gasteiger partial charge in [0.25, 0.3) is 0 Å². The molecular formula is C13H20ClN3O2. The zero-order valence-electron chi connectivity index (χ0n) is 11.1. The minimum atomic E-state index is -0.134. The van der Waals surface area contributed by atoms with Gasteiger partial charge in [0, 0.05) is 30.3 Å². The Bertz CT molecular complexity index is 436. The van der Waals surface area contributed by atoms with E-state index in [4.69, 9.17) is 5.73 Å². The van der Waals surface area contributed by atoms with Crippen LogP contribution >= 0.6 is 12.4 Å². The largest absolute Gasteiger partial charge is 0.330 e. The topological polar surface area (TPSA) is 84.2 Å². The van der Waals surface area contributed by atoms with Gasteiger partial charge >= 0.3 is 0 Å². The third-order valence-electron chi connectivity index (χ3n) is 2.31. The molecule has 0 saturated carbocycles. The Morgan fingerprint density at radius 1 is 1.21 bits per heavy atom. The van der Waals surface area contributed by atoms with Crippen LogP contribution in [0.5, 0.6) is 0 Å². The summed E-state index contributed by atoms with van der Waals surface area (Å²) in [5.74, 6) is -0.272. The fourth-order valence-electron chi connectivity index (χ4n) is 1.32. The molecule has 1 aromatic carbocycles. The Morgan fingerprint density at radius 3 is 2.32 bits per heavy atom. The lowest BCUT2D eigenvalue weighted by molar-refractivity contribution is -0.119. The number of benzene rings is 1. The van der Waals surface area contributed by atoms with Gasteiger partial charge in [0.1, 0.15) is 0 Å². The smallest absolute Gasteiger partial charge is 0.226 e. The van der Waals surface area contributed by atoms with Gasteiger partial charge in [-0.15, -0.1) is 12.4 Å². The summed E-state index contributed by atoms with van der Waals surface area (Å²) in [5.41, 5.74) is 6.61. The predicted molar refractivity (Wildman–Crippen MR) is 79.5 cm³/mol. The summed E-state index contributed by atoms with van der Waals surface area (Å²) in [4.78, 5) is 22.9. The number of hydrogen-bond donors (Lipinski definition) is 3. The lowest BCUT2D eigenvalue weighted by Crippen LogP contribution is -2.18. The molecule has 1 rings (SSSR count). The second-order valence-corrected chi connectivity index (χ2v) is 4.31. The molecule has 4 N–H and O–H groups in total. The fourth-order valence-corrected chi connectivity index (χ4v) is 1.32. The van der Waals surface area contributed by atoms with Crippen LogP contribution in [0.3, 0.4) is 0 Å². The van der Waals surface area contributed by atoms with Crippen molar-refractivity contribution in [3.8, 4) is 0 Å². The molecule has 0 spiro atoms. The molecule has 0 bridgehead atoms. The minimum Gasteiger partial charge on any atom is -0.330 e. The van der Waals surface area contributed by atoms with E-state index in [1.807, 2.05) is 13.8 Å². The molecular weight excluding hydrogens is 266 g/mol. The summed E-state index contributed by atoms with van der Waals surface area (Å²) in [6.07, 6.45) is 0.280. The van der Waals surface area contributed by atoms with Gasteiger partial charge in [0.2, 0.25) is 11.8 Å². The molecule has 2 amide bonds. The molecule has 1 aromatic rings. The van der Waals surface area contributed by atoms with Gasteiger partial charge in [-0.25, -0.2) is 0 Å². The predicted octanol–water partition coefficient (Wildman–Crippen LogP) is 1.99.